The van der Waals surface area contributed by atoms with E-state index in [4.69, 9.17) is 4.74 Å². The minimum atomic E-state index is -3.71. The number of fused-ring (bicyclic) bond motifs is 2. The third-order valence-corrected chi connectivity index (χ3v) is 12.0. The third-order valence-electron chi connectivity index (χ3n) is 10.7. The molecule has 1 fully saturated rings. The third kappa shape index (κ3) is 9.36. The van der Waals surface area contributed by atoms with Crippen LogP contribution in [0.3, 0.4) is 0 Å². The van der Waals surface area contributed by atoms with Crippen LogP contribution in [0.4, 0.5) is 20.2 Å². The van der Waals surface area contributed by atoms with Gasteiger partial charge in [-0.1, -0.05) is 18.9 Å². The maximum absolute atomic E-state index is 14.7. The van der Waals surface area contributed by atoms with Crippen molar-refractivity contribution in [3.05, 3.63) is 106 Å². The molecule has 1 saturated heterocycles. The van der Waals surface area contributed by atoms with Crippen molar-refractivity contribution in [3.63, 3.8) is 0 Å². The number of unbranched alkanes of at least 4 members (excludes halogenated alkanes) is 3. The van der Waals surface area contributed by atoms with Gasteiger partial charge >= 0.3 is 0 Å². The van der Waals surface area contributed by atoms with E-state index in [2.05, 4.69) is 25.7 Å². The Labute approximate surface area is 354 Å². The van der Waals surface area contributed by atoms with E-state index in [0.717, 1.165) is 12.1 Å². The lowest BCUT2D eigenvalue weighted by Crippen LogP contribution is -2.52. The number of carbonyl (C=O) groups excluding carboxylic acids is 5. The number of sulfonamides is 1. The van der Waals surface area contributed by atoms with Crippen molar-refractivity contribution < 1.29 is 45.9 Å². The van der Waals surface area contributed by atoms with Gasteiger partial charge in [-0.05, 0) is 74.7 Å². The summed E-state index contributed by atoms with van der Waals surface area (Å²) in [6, 6.07) is 12.8. The zero-order valence-corrected chi connectivity index (χ0v) is 34.5. The molecule has 5 amide bonds. The predicted molar refractivity (Wildman–Crippen MR) is 225 cm³/mol. The number of aryl methyl sites for hydroxylation is 1. The fourth-order valence-corrected chi connectivity index (χ4v) is 8.10. The average molecular weight is 872 g/mol. The van der Waals surface area contributed by atoms with Gasteiger partial charge in [0.1, 0.15) is 28.8 Å². The van der Waals surface area contributed by atoms with Gasteiger partial charge in [-0.15, -0.1) is 0 Å². The summed E-state index contributed by atoms with van der Waals surface area (Å²) in [7, 11) is -2.22. The van der Waals surface area contributed by atoms with Crippen molar-refractivity contribution in [2.75, 3.05) is 22.3 Å². The summed E-state index contributed by atoms with van der Waals surface area (Å²) in [5.74, 6) is -4.20. The van der Waals surface area contributed by atoms with E-state index in [-0.39, 0.29) is 83.2 Å². The molecule has 0 saturated carbocycles. The molecule has 1 unspecified atom stereocenters. The molecule has 5 N–H and O–H groups in total. The quantitative estimate of drug-likeness (QED) is 0.0629. The van der Waals surface area contributed by atoms with Gasteiger partial charge in [-0.2, -0.15) is 0 Å². The Hall–Kier alpha value is -6.89. The van der Waals surface area contributed by atoms with Crippen LogP contribution >= 0.6 is 0 Å². The fraction of sp³-hybridized carbons (Fsp3) is 0.302. The number of nitrogens with one attached hydrogen (secondary N) is 5. The Bertz CT molecular complexity index is 2810. The number of anilines is 2. The first-order chi connectivity index (χ1) is 29.6. The molecule has 3 aromatic carbocycles. The monoisotopic (exact) mass is 871 g/mol. The van der Waals surface area contributed by atoms with Crippen LogP contribution in [0.25, 0.3) is 22.0 Å². The Kier molecular flexibility index (Phi) is 12.5. The van der Waals surface area contributed by atoms with Gasteiger partial charge in [0.05, 0.1) is 5.75 Å². The summed E-state index contributed by atoms with van der Waals surface area (Å²) < 4.78 is 62.9. The summed E-state index contributed by atoms with van der Waals surface area (Å²) in [6.07, 6.45) is 4.59. The van der Waals surface area contributed by atoms with Gasteiger partial charge < -0.3 is 29.8 Å². The second-order valence-electron chi connectivity index (χ2n) is 15.0. The van der Waals surface area contributed by atoms with Crippen LogP contribution in [0.15, 0.2) is 71.7 Å². The highest BCUT2D eigenvalue weighted by Gasteiger charge is 2.40. The number of H-pyrrole nitrogens is 1. The zero-order chi connectivity index (χ0) is 44.3. The number of aromatic amines is 1. The van der Waals surface area contributed by atoms with Gasteiger partial charge in [-0.25, -0.2) is 17.2 Å². The predicted octanol–water partition coefficient (Wildman–Crippen LogP) is 5.45. The number of hydrogen-bond acceptors (Lipinski definition) is 9. The van der Waals surface area contributed by atoms with Crippen molar-refractivity contribution in [1.29, 1.82) is 0 Å². The number of ether oxygens (including phenoxy) is 1. The highest BCUT2D eigenvalue weighted by molar-refractivity contribution is 7.92. The van der Waals surface area contributed by atoms with Gasteiger partial charge in [0.25, 0.3) is 17.4 Å². The molecule has 2 aliphatic rings. The van der Waals surface area contributed by atoms with E-state index < -0.39 is 45.1 Å². The van der Waals surface area contributed by atoms with Crippen molar-refractivity contribution in [1.82, 2.24) is 25.1 Å². The SMILES string of the molecule is CCS(=O)(=O)Nc1ccc(Oc2ccc(F)cc2F)c(-c2cn(C)c(=O)c3[nH]c(C(=O)NCCCCCCC(=O)Nc4cccc5c4CN(C4CCC(=O)NC4=O)C5=O)cc23)c1. The van der Waals surface area contributed by atoms with Crippen molar-refractivity contribution in [3.8, 4) is 22.6 Å². The second-order valence-corrected chi connectivity index (χ2v) is 17.0. The fourth-order valence-electron chi connectivity index (χ4n) is 7.47. The lowest BCUT2D eigenvalue weighted by Gasteiger charge is -2.29. The molecule has 7 rings (SSSR count). The molecular weight excluding hydrogens is 829 g/mol. The molecule has 5 aromatic rings. The number of aromatic nitrogens is 2. The largest absolute Gasteiger partial charge is 0.454 e. The standard InChI is InChI=1S/C43H43F2N7O9S/c1-3-62(59,60)50-25-13-16-35(61-36-15-12-24(44)19-31(36)45)27(20-25)29-22-51(2)43(58)39-28(29)21-33(48-39)40(55)46-18-7-5-4-6-11-37(53)47-32-10-8-9-26-30(32)23-52(42(26)57)34-14-17-38(54)49-41(34)56/h8-10,12-13,15-16,19-22,34,48,50H,3-7,11,14,17-18,23H2,1-2H3,(H,46,55)(H,47,53)(H,49,54,56). The maximum atomic E-state index is 14.7. The number of benzene rings is 3. The Morgan fingerprint density at radius 3 is 2.45 bits per heavy atom. The summed E-state index contributed by atoms with van der Waals surface area (Å²) in [5.41, 5.74) is 1.93. The average Bonchev–Trinajstić information content (AvgIpc) is 3.83. The van der Waals surface area contributed by atoms with Gasteiger partial charge in [-0.3, -0.25) is 38.8 Å². The number of carbonyl (C=O) groups is 5. The summed E-state index contributed by atoms with van der Waals surface area (Å²) >= 11 is 0. The highest BCUT2D eigenvalue weighted by Crippen LogP contribution is 2.40. The zero-order valence-electron chi connectivity index (χ0n) is 33.7. The normalized spacial score (nSPS) is 15.1. The van der Waals surface area contributed by atoms with E-state index >= 15 is 0 Å². The molecule has 62 heavy (non-hydrogen) atoms. The summed E-state index contributed by atoms with van der Waals surface area (Å²) in [6.45, 7) is 1.89. The first kappa shape index (κ1) is 43.2. The number of pyridine rings is 1. The molecule has 324 valence electrons. The van der Waals surface area contributed by atoms with Crippen molar-refractivity contribution in [2.24, 2.45) is 7.05 Å². The number of rotatable bonds is 16. The number of piperidine rings is 1. The van der Waals surface area contributed by atoms with Gasteiger partial charge in [0, 0.05) is 84.3 Å². The number of halogens is 2. The van der Waals surface area contributed by atoms with Crippen LogP contribution in [0.2, 0.25) is 0 Å². The molecule has 16 nitrogen and oxygen atoms in total. The molecule has 2 aliphatic heterocycles. The first-order valence-corrected chi connectivity index (χ1v) is 21.6. The van der Waals surface area contributed by atoms with E-state index in [1.54, 1.807) is 18.2 Å². The maximum Gasteiger partial charge on any atom is 0.274 e. The lowest BCUT2D eigenvalue weighted by atomic mass is 10.0. The smallest absolute Gasteiger partial charge is 0.274 e. The number of hydrogen-bond donors (Lipinski definition) is 5. The van der Waals surface area contributed by atoms with E-state index in [1.165, 1.54) is 53.9 Å². The van der Waals surface area contributed by atoms with Crippen LogP contribution in [0, 0.1) is 11.6 Å². The summed E-state index contributed by atoms with van der Waals surface area (Å²) in [4.78, 5) is 81.0. The minimum Gasteiger partial charge on any atom is -0.454 e. The van der Waals surface area contributed by atoms with Gasteiger partial charge in [0.2, 0.25) is 27.7 Å². The molecule has 19 heteroatoms. The van der Waals surface area contributed by atoms with Crippen molar-refractivity contribution in [2.45, 2.75) is 64.5 Å². The van der Waals surface area contributed by atoms with Crippen LogP contribution in [0.5, 0.6) is 11.5 Å². The highest BCUT2D eigenvalue weighted by atomic mass is 32.2. The number of amides is 5. The topological polar surface area (TPSA) is 218 Å². The Morgan fingerprint density at radius 1 is 0.919 bits per heavy atom. The Morgan fingerprint density at radius 2 is 1.69 bits per heavy atom. The van der Waals surface area contributed by atoms with E-state index in [0.29, 0.717) is 66.1 Å². The molecule has 0 aliphatic carbocycles. The number of nitrogens with zero attached hydrogens (tertiary/aromatic N) is 2. The Balaban J connectivity index is 0.961. The number of imide groups is 1. The first-order valence-electron chi connectivity index (χ1n) is 20.0. The minimum absolute atomic E-state index is 0.0537. The van der Waals surface area contributed by atoms with Crippen LogP contribution in [-0.4, -0.2) is 70.7 Å². The van der Waals surface area contributed by atoms with Crippen LogP contribution < -0.4 is 31.0 Å². The molecule has 0 spiro atoms. The van der Waals surface area contributed by atoms with E-state index in [1.807, 2.05) is 0 Å². The summed E-state index contributed by atoms with van der Waals surface area (Å²) in [5, 5.41) is 8.30. The van der Waals surface area contributed by atoms with Crippen LogP contribution in [-0.2, 0) is 38.0 Å². The lowest BCUT2D eigenvalue weighted by molar-refractivity contribution is -0.137. The van der Waals surface area contributed by atoms with Crippen LogP contribution in [0.1, 0.15) is 78.3 Å². The molecule has 2 aromatic heterocycles. The molecule has 1 atom stereocenters. The molecular formula is C43H43F2N7O9S. The second kappa shape index (κ2) is 18.0. The van der Waals surface area contributed by atoms with Crippen molar-refractivity contribution >= 4 is 61.8 Å². The van der Waals surface area contributed by atoms with Gasteiger partial charge in [0.15, 0.2) is 11.6 Å². The molecule has 0 radical (unpaired) electrons. The molecule has 4 heterocycles. The van der Waals surface area contributed by atoms with E-state index in [9.17, 15) is 46.0 Å². The molecule has 0 bridgehead atoms.